The number of rotatable bonds is 6. The van der Waals surface area contributed by atoms with E-state index in [0.29, 0.717) is 22.5 Å². The van der Waals surface area contributed by atoms with Gasteiger partial charge in [0.15, 0.2) is 5.96 Å². The number of benzene rings is 1. The topological polar surface area (TPSA) is 66.3 Å². The first-order valence-corrected chi connectivity index (χ1v) is 9.54. The van der Waals surface area contributed by atoms with Crippen molar-refractivity contribution >= 4 is 5.96 Å². The first-order valence-electron chi connectivity index (χ1n) is 9.54. The van der Waals surface area contributed by atoms with Crippen LogP contribution < -0.4 is 14.8 Å². The quantitative estimate of drug-likeness (QED) is 0.602. The summed E-state index contributed by atoms with van der Waals surface area (Å²) in [5.74, 6) is 2.24. The SMILES string of the molecule is CCNC(=NCC(O)c1cc(OC)ccc1OC)N1CCC2(CCC2)C1. The lowest BCUT2D eigenvalue weighted by Gasteiger charge is -2.38. The fourth-order valence-corrected chi connectivity index (χ4v) is 4.00. The third kappa shape index (κ3) is 3.90. The molecule has 1 spiro atoms. The highest BCUT2D eigenvalue weighted by Crippen LogP contribution is 2.47. The van der Waals surface area contributed by atoms with Gasteiger partial charge in [0.25, 0.3) is 0 Å². The number of aliphatic hydroxyl groups is 1. The molecule has 3 rings (SSSR count). The van der Waals surface area contributed by atoms with Crippen molar-refractivity contribution in [2.45, 2.75) is 38.7 Å². The average molecular weight is 361 g/mol. The van der Waals surface area contributed by atoms with Crippen molar-refractivity contribution < 1.29 is 14.6 Å². The molecule has 6 nitrogen and oxygen atoms in total. The summed E-state index contributed by atoms with van der Waals surface area (Å²) in [6.45, 7) is 5.31. The second-order valence-electron chi connectivity index (χ2n) is 7.34. The minimum atomic E-state index is -0.742. The maximum Gasteiger partial charge on any atom is 0.194 e. The Balaban J connectivity index is 1.71. The van der Waals surface area contributed by atoms with Crippen molar-refractivity contribution in [3.63, 3.8) is 0 Å². The highest BCUT2D eigenvalue weighted by Gasteiger charge is 2.43. The molecular formula is C20H31N3O3. The largest absolute Gasteiger partial charge is 0.497 e. The molecule has 2 aliphatic rings. The summed E-state index contributed by atoms with van der Waals surface area (Å²) in [6, 6.07) is 5.45. The first-order chi connectivity index (χ1) is 12.6. The van der Waals surface area contributed by atoms with Crippen LogP contribution in [0.25, 0.3) is 0 Å². The fourth-order valence-electron chi connectivity index (χ4n) is 4.00. The minimum absolute atomic E-state index is 0.287. The predicted molar refractivity (Wildman–Crippen MR) is 103 cm³/mol. The Hall–Kier alpha value is -1.95. The van der Waals surface area contributed by atoms with Gasteiger partial charge in [0, 0.05) is 25.2 Å². The Kier molecular flexibility index (Phi) is 5.91. The lowest BCUT2D eigenvalue weighted by Crippen LogP contribution is -2.42. The summed E-state index contributed by atoms with van der Waals surface area (Å²) in [6.07, 6.45) is 4.55. The second-order valence-corrected chi connectivity index (χ2v) is 7.34. The maximum atomic E-state index is 10.7. The number of likely N-dealkylation sites (tertiary alicyclic amines) is 1. The molecule has 0 bridgehead atoms. The summed E-state index contributed by atoms with van der Waals surface area (Å²) in [7, 11) is 3.22. The van der Waals surface area contributed by atoms with Crippen molar-refractivity contribution in [1.29, 1.82) is 0 Å². The van der Waals surface area contributed by atoms with E-state index >= 15 is 0 Å². The lowest BCUT2D eigenvalue weighted by atomic mass is 9.68. The summed E-state index contributed by atoms with van der Waals surface area (Å²) in [4.78, 5) is 7.06. The van der Waals surface area contributed by atoms with Crippen molar-refractivity contribution in [3.05, 3.63) is 23.8 Å². The van der Waals surface area contributed by atoms with Crippen molar-refractivity contribution in [2.75, 3.05) is 40.4 Å². The molecule has 2 N–H and O–H groups in total. The average Bonchev–Trinajstić information content (AvgIpc) is 3.10. The predicted octanol–water partition coefficient (Wildman–Crippen LogP) is 2.58. The van der Waals surface area contributed by atoms with Gasteiger partial charge in [-0.1, -0.05) is 6.42 Å². The van der Waals surface area contributed by atoms with Crippen molar-refractivity contribution in [3.8, 4) is 11.5 Å². The Labute approximate surface area is 156 Å². The summed E-state index contributed by atoms with van der Waals surface area (Å²) < 4.78 is 10.6. The molecule has 1 saturated carbocycles. The van der Waals surface area contributed by atoms with Crippen LogP contribution in [0.1, 0.15) is 44.3 Å². The Morgan fingerprint density at radius 2 is 2.12 bits per heavy atom. The molecule has 1 heterocycles. The normalized spacial score (nSPS) is 20.0. The maximum absolute atomic E-state index is 10.7. The molecule has 1 atom stereocenters. The standard InChI is InChI=1S/C20H31N3O3/c1-4-21-19(23-11-10-20(14-23)8-5-9-20)22-13-17(24)16-12-15(25-2)6-7-18(16)26-3/h6-7,12,17,24H,4-5,8-11,13-14H2,1-3H3,(H,21,22). The third-order valence-corrected chi connectivity index (χ3v) is 5.70. The van der Waals surface area contributed by atoms with E-state index in [9.17, 15) is 5.11 Å². The van der Waals surface area contributed by atoms with Gasteiger partial charge in [-0.2, -0.15) is 0 Å². The van der Waals surface area contributed by atoms with Gasteiger partial charge in [-0.05, 0) is 49.8 Å². The van der Waals surface area contributed by atoms with E-state index in [0.717, 1.165) is 25.6 Å². The lowest BCUT2D eigenvalue weighted by molar-refractivity contribution is 0.151. The Bertz CT molecular complexity index is 643. The van der Waals surface area contributed by atoms with Crippen LogP contribution in [0.3, 0.4) is 0 Å². The molecule has 1 saturated heterocycles. The van der Waals surface area contributed by atoms with Crippen LogP contribution in [0.5, 0.6) is 11.5 Å². The van der Waals surface area contributed by atoms with E-state index in [4.69, 9.17) is 14.5 Å². The van der Waals surface area contributed by atoms with Crippen LogP contribution in [0, 0.1) is 5.41 Å². The van der Waals surface area contributed by atoms with Crippen molar-refractivity contribution in [1.82, 2.24) is 10.2 Å². The van der Waals surface area contributed by atoms with Gasteiger partial charge in [0.1, 0.15) is 17.6 Å². The van der Waals surface area contributed by atoms with Crippen LogP contribution in [-0.2, 0) is 0 Å². The molecule has 26 heavy (non-hydrogen) atoms. The molecule has 0 radical (unpaired) electrons. The summed E-state index contributed by atoms with van der Waals surface area (Å²) in [5.41, 5.74) is 1.22. The van der Waals surface area contributed by atoms with E-state index in [1.807, 2.05) is 18.2 Å². The van der Waals surface area contributed by atoms with Gasteiger partial charge in [-0.25, -0.2) is 0 Å². The van der Waals surface area contributed by atoms with E-state index in [1.54, 1.807) is 14.2 Å². The zero-order valence-electron chi connectivity index (χ0n) is 16.1. The molecule has 2 fully saturated rings. The van der Waals surface area contributed by atoms with E-state index in [1.165, 1.54) is 25.7 Å². The number of nitrogens with zero attached hydrogens (tertiary/aromatic N) is 2. The van der Waals surface area contributed by atoms with E-state index < -0.39 is 6.10 Å². The van der Waals surface area contributed by atoms with Crippen molar-refractivity contribution in [2.24, 2.45) is 10.4 Å². The number of hydrogen-bond acceptors (Lipinski definition) is 4. The molecule has 1 aromatic rings. The number of guanidine groups is 1. The monoisotopic (exact) mass is 361 g/mol. The van der Waals surface area contributed by atoms with Crippen LogP contribution in [0.4, 0.5) is 0 Å². The molecule has 1 aliphatic carbocycles. The van der Waals surface area contributed by atoms with Gasteiger partial charge in [0.05, 0.1) is 20.8 Å². The van der Waals surface area contributed by atoms with Gasteiger partial charge < -0.3 is 24.8 Å². The molecule has 6 heteroatoms. The minimum Gasteiger partial charge on any atom is -0.497 e. The molecule has 0 amide bonds. The molecule has 144 valence electrons. The van der Waals surface area contributed by atoms with E-state index in [2.05, 4.69) is 17.1 Å². The smallest absolute Gasteiger partial charge is 0.194 e. The van der Waals surface area contributed by atoms with Crippen LogP contribution >= 0.6 is 0 Å². The van der Waals surface area contributed by atoms with E-state index in [-0.39, 0.29) is 6.54 Å². The highest BCUT2D eigenvalue weighted by atomic mass is 16.5. The highest BCUT2D eigenvalue weighted by molar-refractivity contribution is 5.80. The number of methoxy groups -OCH3 is 2. The second kappa shape index (κ2) is 8.16. The number of aliphatic hydroxyl groups excluding tert-OH is 1. The van der Waals surface area contributed by atoms with Gasteiger partial charge in [0.2, 0.25) is 0 Å². The van der Waals surface area contributed by atoms with Crippen LogP contribution in [0.2, 0.25) is 0 Å². The first kappa shape index (κ1) is 18.8. The Morgan fingerprint density at radius 1 is 1.31 bits per heavy atom. The number of ether oxygens (including phenoxy) is 2. The number of hydrogen-bond donors (Lipinski definition) is 2. The number of nitrogens with one attached hydrogen (secondary N) is 1. The zero-order valence-corrected chi connectivity index (χ0v) is 16.1. The Morgan fingerprint density at radius 3 is 2.69 bits per heavy atom. The fraction of sp³-hybridized carbons (Fsp3) is 0.650. The van der Waals surface area contributed by atoms with Gasteiger partial charge in [-0.15, -0.1) is 0 Å². The molecule has 1 aliphatic heterocycles. The third-order valence-electron chi connectivity index (χ3n) is 5.70. The van der Waals surface area contributed by atoms with Gasteiger partial charge >= 0.3 is 0 Å². The van der Waals surface area contributed by atoms with Gasteiger partial charge in [-0.3, -0.25) is 4.99 Å². The number of aliphatic imine (C=N–C) groups is 1. The van der Waals surface area contributed by atoms with Crippen LogP contribution in [0.15, 0.2) is 23.2 Å². The molecule has 1 unspecified atom stereocenters. The molecule has 1 aromatic carbocycles. The van der Waals surface area contributed by atoms with Crippen LogP contribution in [-0.4, -0.2) is 56.4 Å². The molecule has 0 aromatic heterocycles. The summed E-state index contributed by atoms with van der Waals surface area (Å²) in [5, 5.41) is 14.1. The zero-order chi connectivity index (χ0) is 18.6. The summed E-state index contributed by atoms with van der Waals surface area (Å²) >= 11 is 0. The molecular weight excluding hydrogens is 330 g/mol.